The van der Waals surface area contributed by atoms with Gasteiger partial charge >= 0.3 is 5.97 Å². The topological polar surface area (TPSA) is 78.2 Å². The van der Waals surface area contributed by atoms with Gasteiger partial charge in [0.05, 0.1) is 24.5 Å². The summed E-state index contributed by atoms with van der Waals surface area (Å²) in [6, 6.07) is 8.21. The first-order valence-corrected chi connectivity index (χ1v) is 9.96. The maximum Gasteiger partial charge on any atom is 0.358 e. The number of nitrogens with zero attached hydrogens (tertiary/aromatic N) is 3. The summed E-state index contributed by atoms with van der Waals surface area (Å²) < 4.78 is 8.49. The molecule has 7 nitrogen and oxygen atoms in total. The third kappa shape index (κ3) is 4.34. The average Bonchev–Trinajstić information content (AvgIpc) is 2.99. The van der Waals surface area contributed by atoms with Crippen molar-refractivity contribution in [2.45, 2.75) is 6.04 Å². The number of carbonyl (C=O) groups is 1. The van der Waals surface area contributed by atoms with Crippen molar-refractivity contribution < 1.29 is 9.53 Å². The second-order valence-corrected chi connectivity index (χ2v) is 7.84. The minimum Gasteiger partial charge on any atom is -0.464 e. The molecule has 0 radical (unpaired) electrons. The first-order chi connectivity index (χ1) is 13.7. The number of carbonyl (C=O) groups excluding carboxylic acids is 1. The van der Waals surface area contributed by atoms with Crippen molar-refractivity contribution >= 4 is 50.8 Å². The molecule has 0 amide bonds. The molecule has 1 atom stereocenters. The van der Waals surface area contributed by atoms with Crippen LogP contribution in [-0.4, -0.2) is 27.2 Å². The molecule has 1 aromatic carbocycles. The Labute approximate surface area is 185 Å². The molecule has 0 aliphatic heterocycles. The molecule has 0 saturated carbocycles. The van der Waals surface area contributed by atoms with Crippen LogP contribution in [0.3, 0.4) is 0 Å². The fourth-order valence-corrected chi connectivity index (χ4v) is 3.69. The van der Waals surface area contributed by atoms with Crippen molar-refractivity contribution in [3.63, 3.8) is 0 Å². The first kappa shape index (κ1) is 21.4. The number of benzene rings is 1. The molecule has 0 saturated heterocycles. The number of anilines is 1. The van der Waals surface area contributed by atoms with Crippen molar-refractivity contribution in [3.05, 3.63) is 78.6 Å². The van der Waals surface area contributed by atoms with E-state index in [4.69, 9.17) is 27.9 Å². The van der Waals surface area contributed by atoms with E-state index in [0.717, 1.165) is 5.56 Å². The van der Waals surface area contributed by atoms with E-state index in [0.29, 0.717) is 21.1 Å². The third-order valence-corrected chi connectivity index (χ3v) is 5.62. The number of aromatic nitrogens is 3. The van der Waals surface area contributed by atoms with Crippen LogP contribution in [0.25, 0.3) is 0 Å². The van der Waals surface area contributed by atoms with Gasteiger partial charge in [0.15, 0.2) is 10.4 Å². The highest BCUT2D eigenvalue weighted by Crippen LogP contribution is 2.32. The van der Waals surface area contributed by atoms with Crippen molar-refractivity contribution in [1.82, 2.24) is 14.1 Å². The van der Waals surface area contributed by atoms with E-state index in [1.165, 1.54) is 17.7 Å². The van der Waals surface area contributed by atoms with E-state index in [9.17, 15) is 9.59 Å². The van der Waals surface area contributed by atoms with Crippen LogP contribution in [0.4, 0.5) is 5.69 Å². The van der Waals surface area contributed by atoms with Gasteiger partial charge in [0.2, 0.25) is 0 Å². The van der Waals surface area contributed by atoms with Gasteiger partial charge < -0.3 is 19.2 Å². The molecule has 0 aliphatic rings. The fourth-order valence-electron chi connectivity index (χ4n) is 2.94. The van der Waals surface area contributed by atoms with Crippen LogP contribution in [0, 0.1) is 0 Å². The van der Waals surface area contributed by atoms with Crippen molar-refractivity contribution in [1.29, 1.82) is 0 Å². The zero-order valence-corrected chi connectivity index (χ0v) is 18.8. The van der Waals surface area contributed by atoms with Gasteiger partial charge in [-0.15, -0.1) is 0 Å². The summed E-state index contributed by atoms with van der Waals surface area (Å²) in [5.74, 6) is -0.569. The average molecular weight is 500 g/mol. The number of rotatable bonds is 5. The minimum atomic E-state index is -0.569. The molecule has 1 unspecified atom stereocenters. The summed E-state index contributed by atoms with van der Waals surface area (Å²) in [4.78, 5) is 28.6. The maximum absolute atomic E-state index is 12.4. The molecule has 10 heteroatoms. The monoisotopic (exact) mass is 498 g/mol. The van der Waals surface area contributed by atoms with Crippen LogP contribution in [0.1, 0.15) is 27.8 Å². The molecule has 0 aliphatic carbocycles. The number of imidazole rings is 1. The van der Waals surface area contributed by atoms with Crippen LogP contribution < -0.4 is 10.9 Å². The molecule has 0 spiro atoms. The highest BCUT2D eigenvalue weighted by molar-refractivity contribution is 9.10. The molecule has 0 fully saturated rings. The Morgan fingerprint density at radius 1 is 1.24 bits per heavy atom. The summed E-state index contributed by atoms with van der Waals surface area (Å²) in [6.07, 6.45) is 1.63. The number of hydrogen-bond acceptors (Lipinski definition) is 5. The van der Waals surface area contributed by atoms with Crippen LogP contribution in [0.15, 0.2) is 46.1 Å². The predicted octanol–water partition coefficient (Wildman–Crippen LogP) is 4.18. The molecule has 3 rings (SSSR count). The molecular weight excluding hydrogens is 483 g/mol. The molecule has 152 valence electrons. The van der Waals surface area contributed by atoms with Crippen molar-refractivity contribution in [2.24, 2.45) is 14.1 Å². The third-order valence-electron chi connectivity index (χ3n) is 4.39. The second-order valence-electron chi connectivity index (χ2n) is 6.29. The zero-order chi connectivity index (χ0) is 21.3. The first-order valence-electron chi connectivity index (χ1n) is 8.41. The quantitative estimate of drug-likeness (QED) is 0.533. The minimum absolute atomic E-state index is 0.0757. The highest BCUT2D eigenvalue weighted by atomic mass is 79.9. The summed E-state index contributed by atoms with van der Waals surface area (Å²) >= 11 is 15.5. The molecule has 1 N–H and O–H groups in total. The Morgan fingerprint density at radius 3 is 2.48 bits per heavy atom. The van der Waals surface area contributed by atoms with E-state index in [1.54, 1.807) is 37.0 Å². The van der Waals surface area contributed by atoms with Gasteiger partial charge in [0, 0.05) is 25.3 Å². The predicted molar refractivity (Wildman–Crippen MR) is 116 cm³/mol. The Morgan fingerprint density at radius 2 is 1.90 bits per heavy atom. The van der Waals surface area contributed by atoms with Crippen LogP contribution in [0.2, 0.25) is 10.0 Å². The van der Waals surface area contributed by atoms with Crippen molar-refractivity contribution in [3.8, 4) is 0 Å². The molecule has 29 heavy (non-hydrogen) atoms. The largest absolute Gasteiger partial charge is 0.464 e. The van der Waals surface area contributed by atoms with Gasteiger partial charge in [0.1, 0.15) is 5.02 Å². The Hall–Kier alpha value is -2.29. The maximum atomic E-state index is 12.4. The summed E-state index contributed by atoms with van der Waals surface area (Å²) in [5.41, 5.74) is 1.82. The normalized spacial score (nSPS) is 11.9. The second kappa shape index (κ2) is 8.61. The number of aryl methyl sites for hydroxylation is 1. The molecule has 2 heterocycles. The van der Waals surface area contributed by atoms with Crippen LogP contribution in [-0.2, 0) is 18.8 Å². The van der Waals surface area contributed by atoms with E-state index < -0.39 is 12.0 Å². The van der Waals surface area contributed by atoms with Crippen LogP contribution >= 0.6 is 39.1 Å². The number of pyridine rings is 1. The number of hydrogen-bond donors (Lipinski definition) is 1. The lowest BCUT2D eigenvalue weighted by molar-refractivity contribution is 0.0592. The molecule has 2 aromatic heterocycles. The smallest absolute Gasteiger partial charge is 0.358 e. The molecule has 0 bridgehead atoms. The molecule has 3 aromatic rings. The summed E-state index contributed by atoms with van der Waals surface area (Å²) in [7, 11) is 4.68. The van der Waals surface area contributed by atoms with Crippen molar-refractivity contribution in [2.75, 3.05) is 12.4 Å². The van der Waals surface area contributed by atoms with Gasteiger partial charge in [-0.2, -0.15) is 0 Å². The standard InChI is InChI=1S/C19H17BrCl2N4O3/c1-25-9-12(8-13(22)17(25)27)23-14(10-4-6-11(21)7-5-10)16-15(18(28)29-3)24-19(20)26(16)2/h4-9,14,23H,1-3H3. The van der Waals surface area contributed by atoms with Gasteiger partial charge in [-0.05, 0) is 39.7 Å². The van der Waals surface area contributed by atoms with Gasteiger partial charge in [0.25, 0.3) is 5.56 Å². The highest BCUT2D eigenvalue weighted by Gasteiger charge is 2.28. The summed E-state index contributed by atoms with van der Waals surface area (Å²) in [5, 5.41) is 3.99. The number of ether oxygens (including phenoxy) is 1. The fraction of sp³-hybridized carbons (Fsp3) is 0.211. The van der Waals surface area contributed by atoms with Crippen LogP contribution in [0.5, 0.6) is 0 Å². The number of halogens is 3. The molecular formula is C19H17BrCl2N4O3. The number of methoxy groups -OCH3 is 1. The summed E-state index contributed by atoms with van der Waals surface area (Å²) in [6.45, 7) is 0. The lowest BCUT2D eigenvalue weighted by Crippen LogP contribution is -2.22. The van der Waals surface area contributed by atoms with Gasteiger partial charge in [-0.3, -0.25) is 4.79 Å². The number of nitrogens with one attached hydrogen (secondary N) is 1. The van der Waals surface area contributed by atoms with E-state index in [1.807, 2.05) is 12.1 Å². The Balaban J connectivity index is 2.19. The van der Waals surface area contributed by atoms with E-state index in [2.05, 4.69) is 26.2 Å². The lowest BCUT2D eigenvalue weighted by atomic mass is 10.0. The zero-order valence-electron chi connectivity index (χ0n) is 15.7. The SMILES string of the molecule is COC(=O)c1nc(Br)n(C)c1C(Nc1cc(Cl)c(=O)n(C)c1)c1ccc(Cl)cc1. The number of esters is 1. The van der Waals surface area contributed by atoms with Gasteiger partial charge in [-0.1, -0.05) is 35.3 Å². The van der Waals surface area contributed by atoms with Gasteiger partial charge in [-0.25, -0.2) is 9.78 Å². The Bertz CT molecular complexity index is 1100. The Kier molecular flexibility index (Phi) is 6.36. The lowest BCUT2D eigenvalue weighted by Gasteiger charge is -2.22. The van der Waals surface area contributed by atoms with E-state index >= 15 is 0 Å². The van der Waals surface area contributed by atoms with E-state index in [-0.39, 0.29) is 16.3 Å².